The van der Waals surface area contributed by atoms with Crippen LogP contribution in [0.1, 0.15) is 34.7 Å². The summed E-state index contributed by atoms with van der Waals surface area (Å²) in [5, 5.41) is 3.11. The van der Waals surface area contributed by atoms with Gasteiger partial charge in [0.2, 0.25) is 0 Å². The van der Waals surface area contributed by atoms with Crippen molar-refractivity contribution in [3.05, 3.63) is 34.4 Å². The normalized spacial score (nSPS) is 13.6. The number of alkyl halides is 3. The van der Waals surface area contributed by atoms with E-state index in [9.17, 15) is 13.2 Å². The maximum absolute atomic E-state index is 12.1. The first-order valence-corrected chi connectivity index (χ1v) is 6.64. The summed E-state index contributed by atoms with van der Waals surface area (Å²) in [5.41, 5.74) is 4.53. The summed E-state index contributed by atoms with van der Waals surface area (Å²) in [5.74, 6) is 0. The first-order chi connectivity index (χ1) is 9.24. The van der Waals surface area contributed by atoms with E-state index < -0.39 is 12.6 Å². The fourth-order valence-corrected chi connectivity index (χ4v) is 2.44. The second-order valence-corrected chi connectivity index (χ2v) is 5.09. The zero-order valence-corrected chi connectivity index (χ0v) is 12.4. The topological polar surface area (TPSA) is 21.3 Å². The molecule has 0 aliphatic carbocycles. The molecule has 1 aromatic rings. The summed E-state index contributed by atoms with van der Waals surface area (Å²) in [6, 6.07) is 4.05. The van der Waals surface area contributed by atoms with Crippen LogP contribution in [-0.4, -0.2) is 26.4 Å². The summed E-state index contributed by atoms with van der Waals surface area (Å²) >= 11 is 0. The van der Waals surface area contributed by atoms with Crippen LogP contribution in [0.4, 0.5) is 13.2 Å². The molecule has 0 saturated carbocycles. The van der Waals surface area contributed by atoms with Crippen LogP contribution in [-0.2, 0) is 4.74 Å². The maximum Gasteiger partial charge on any atom is 0.391 e. The molecule has 1 aromatic carbocycles. The van der Waals surface area contributed by atoms with Crippen LogP contribution in [0.2, 0.25) is 0 Å². The van der Waals surface area contributed by atoms with E-state index in [4.69, 9.17) is 4.74 Å². The zero-order valence-electron chi connectivity index (χ0n) is 12.4. The molecule has 0 radical (unpaired) electrons. The molecule has 0 fully saturated rings. The van der Waals surface area contributed by atoms with E-state index in [1.54, 1.807) is 7.05 Å². The number of hydrogen-bond acceptors (Lipinski definition) is 2. The second-order valence-electron chi connectivity index (χ2n) is 5.09. The van der Waals surface area contributed by atoms with Gasteiger partial charge in [-0.05, 0) is 44.5 Å². The number of ether oxygens (including phenoxy) is 1. The lowest BCUT2D eigenvalue weighted by Gasteiger charge is -2.22. The van der Waals surface area contributed by atoms with Crippen molar-refractivity contribution in [2.24, 2.45) is 0 Å². The predicted octanol–water partition coefficient (Wildman–Crippen LogP) is 3.84. The molecule has 0 amide bonds. The van der Waals surface area contributed by atoms with Crippen molar-refractivity contribution in [1.29, 1.82) is 0 Å². The Bertz CT molecular complexity index is 420. The molecule has 1 unspecified atom stereocenters. The summed E-state index contributed by atoms with van der Waals surface area (Å²) in [7, 11) is 1.79. The molecule has 20 heavy (non-hydrogen) atoms. The molecule has 0 aromatic heterocycles. The molecule has 0 bridgehead atoms. The highest BCUT2D eigenvalue weighted by Crippen LogP contribution is 2.24. The number of rotatable bonds is 6. The summed E-state index contributed by atoms with van der Waals surface area (Å²) in [6.45, 7) is 5.98. The summed E-state index contributed by atoms with van der Waals surface area (Å²) in [4.78, 5) is 0. The van der Waals surface area contributed by atoms with Gasteiger partial charge in [0.1, 0.15) is 0 Å². The van der Waals surface area contributed by atoms with Crippen molar-refractivity contribution < 1.29 is 17.9 Å². The molecule has 1 N–H and O–H groups in total. The lowest BCUT2D eigenvalue weighted by atomic mass is 9.94. The smallest absolute Gasteiger partial charge is 0.379 e. The minimum Gasteiger partial charge on any atom is -0.379 e. The van der Waals surface area contributed by atoms with Crippen LogP contribution in [0.15, 0.2) is 12.1 Å². The van der Waals surface area contributed by atoms with Gasteiger partial charge in [-0.3, -0.25) is 0 Å². The van der Waals surface area contributed by atoms with Crippen LogP contribution in [0.3, 0.4) is 0 Å². The highest BCUT2D eigenvalue weighted by molar-refractivity contribution is 5.39. The molecule has 0 spiro atoms. The van der Waals surface area contributed by atoms with Crippen LogP contribution in [0.25, 0.3) is 0 Å². The summed E-state index contributed by atoms with van der Waals surface area (Å²) < 4.78 is 41.4. The number of likely N-dealkylation sites (N-methyl/N-ethyl adjacent to an activating group) is 1. The molecule has 5 heteroatoms. The van der Waals surface area contributed by atoms with E-state index in [0.717, 1.165) is 16.7 Å². The fourth-order valence-electron chi connectivity index (χ4n) is 2.44. The Kier molecular flexibility index (Phi) is 6.02. The number of benzene rings is 1. The molecule has 0 saturated heterocycles. The number of hydrogen-bond donors (Lipinski definition) is 1. The van der Waals surface area contributed by atoms with Gasteiger partial charge in [0, 0.05) is 0 Å². The lowest BCUT2D eigenvalue weighted by molar-refractivity contribution is -0.145. The minimum absolute atomic E-state index is 0.0937. The van der Waals surface area contributed by atoms with Crippen LogP contribution >= 0.6 is 0 Å². The SMILES string of the molecule is CNC(COCCC(F)(F)F)c1c(C)cc(C)cc1C. The number of nitrogens with one attached hydrogen (secondary N) is 1. The summed E-state index contributed by atoms with van der Waals surface area (Å²) in [6.07, 6.45) is -5.07. The van der Waals surface area contributed by atoms with Crippen molar-refractivity contribution in [2.75, 3.05) is 20.3 Å². The monoisotopic (exact) mass is 289 g/mol. The van der Waals surface area contributed by atoms with Crippen molar-refractivity contribution in [3.8, 4) is 0 Å². The largest absolute Gasteiger partial charge is 0.391 e. The van der Waals surface area contributed by atoms with E-state index in [0.29, 0.717) is 0 Å². The molecule has 0 aliphatic heterocycles. The molecule has 1 atom stereocenters. The van der Waals surface area contributed by atoms with Gasteiger partial charge in [0.05, 0.1) is 25.7 Å². The Labute approximate surface area is 118 Å². The molecule has 0 aliphatic rings. The maximum atomic E-state index is 12.1. The van der Waals surface area contributed by atoms with Gasteiger partial charge in [-0.15, -0.1) is 0 Å². The average molecular weight is 289 g/mol. The predicted molar refractivity (Wildman–Crippen MR) is 73.9 cm³/mol. The van der Waals surface area contributed by atoms with E-state index in [1.165, 1.54) is 5.56 Å². The minimum atomic E-state index is -4.16. The van der Waals surface area contributed by atoms with E-state index in [1.807, 2.05) is 20.8 Å². The van der Waals surface area contributed by atoms with E-state index >= 15 is 0 Å². The van der Waals surface area contributed by atoms with Crippen molar-refractivity contribution in [1.82, 2.24) is 5.32 Å². The number of aryl methyl sites for hydroxylation is 3. The third-order valence-electron chi connectivity index (χ3n) is 3.25. The Morgan fingerprint density at radius 3 is 2.15 bits per heavy atom. The van der Waals surface area contributed by atoms with Gasteiger partial charge in [0.25, 0.3) is 0 Å². The first kappa shape index (κ1) is 17.0. The molecular formula is C15H22F3NO. The third-order valence-corrected chi connectivity index (χ3v) is 3.25. The van der Waals surface area contributed by atoms with E-state index in [-0.39, 0.29) is 19.3 Å². The highest BCUT2D eigenvalue weighted by atomic mass is 19.4. The second kappa shape index (κ2) is 7.09. The number of halogens is 3. The average Bonchev–Trinajstić information content (AvgIpc) is 2.29. The van der Waals surface area contributed by atoms with Crippen molar-refractivity contribution in [2.45, 2.75) is 39.4 Å². The van der Waals surface area contributed by atoms with Gasteiger partial charge in [0.15, 0.2) is 0 Å². The van der Waals surface area contributed by atoms with E-state index in [2.05, 4.69) is 17.4 Å². The van der Waals surface area contributed by atoms with Gasteiger partial charge < -0.3 is 10.1 Å². The third kappa shape index (κ3) is 5.13. The molecule has 0 heterocycles. The molecule has 114 valence electrons. The quantitative estimate of drug-likeness (QED) is 0.803. The highest BCUT2D eigenvalue weighted by Gasteiger charge is 2.26. The van der Waals surface area contributed by atoms with Gasteiger partial charge in [-0.25, -0.2) is 0 Å². The molecular weight excluding hydrogens is 267 g/mol. The van der Waals surface area contributed by atoms with Crippen LogP contribution in [0.5, 0.6) is 0 Å². The lowest BCUT2D eigenvalue weighted by Crippen LogP contribution is -2.24. The Morgan fingerprint density at radius 1 is 1.15 bits per heavy atom. The van der Waals surface area contributed by atoms with Crippen molar-refractivity contribution in [3.63, 3.8) is 0 Å². The van der Waals surface area contributed by atoms with Gasteiger partial charge in [-0.1, -0.05) is 17.7 Å². The van der Waals surface area contributed by atoms with Crippen LogP contribution < -0.4 is 5.32 Å². The first-order valence-electron chi connectivity index (χ1n) is 6.64. The molecule has 2 nitrogen and oxygen atoms in total. The zero-order chi connectivity index (χ0) is 15.3. The van der Waals surface area contributed by atoms with Gasteiger partial charge >= 0.3 is 6.18 Å². The van der Waals surface area contributed by atoms with Crippen molar-refractivity contribution >= 4 is 0 Å². The Hall–Kier alpha value is -1.07. The molecule has 1 rings (SSSR count). The van der Waals surface area contributed by atoms with Gasteiger partial charge in [-0.2, -0.15) is 13.2 Å². The fraction of sp³-hybridized carbons (Fsp3) is 0.600. The van der Waals surface area contributed by atoms with Crippen LogP contribution in [0, 0.1) is 20.8 Å². The standard InChI is InChI=1S/C15H22F3NO/c1-10-7-11(2)14(12(3)8-10)13(19-4)9-20-6-5-15(16,17)18/h7-8,13,19H,5-6,9H2,1-4H3. The Morgan fingerprint density at radius 2 is 1.70 bits per heavy atom. The Balaban J connectivity index is 2.68.